The van der Waals surface area contributed by atoms with Crippen LogP contribution in [0.5, 0.6) is 0 Å². The third-order valence-corrected chi connectivity index (χ3v) is 7.91. The van der Waals surface area contributed by atoms with Crippen LogP contribution in [0.3, 0.4) is 0 Å². The Labute approximate surface area is 205 Å². The molecule has 0 amide bonds. The van der Waals surface area contributed by atoms with Crippen molar-refractivity contribution in [3.8, 4) is 0 Å². The van der Waals surface area contributed by atoms with E-state index in [0.29, 0.717) is 11.3 Å². The summed E-state index contributed by atoms with van der Waals surface area (Å²) in [5.41, 5.74) is 8.45. The van der Waals surface area contributed by atoms with E-state index in [2.05, 4.69) is 83.9 Å². The van der Waals surface area contributed by atoms with Crippen molar-refractivity contribution in [1.82, 2.24) is 5.32 Å². The fourth-order valence-corrected chi connectivity index (χ4v) is 5.16. The molecule has 1 heteroatoms. The fourth-order valence-electron chi connectivity index (χ4n) is 5.16. The minimum Gasteiger partial charge on any atom is -0.319 e. The van der Waals surface area contributed by atoms with Crippen LogP contribution in [0.25, 0.3) is 5.57 Å². The SMILES string of the molecule is C=C(C1=CC(CCCCCCCC)CC=C1C)c1cc(CCC(C)(CC)CNC)ccc1C. The topological polar surface area (TPSA) is 12.0 Å². The fraction of sp³-hybridized carbons (Fsp3) is 0.625. The van der Waals surface area contributed by atoms with E-state index in [9.17, 15) is 0 Å². The van der Waals surface area contributed by atoms with Gasteiger partial charge in [-0.2, -0.15) is 0 Å². The van der Waals surface area contributed by atoms with Crippen molar-refractivity contribution in [1.29, 1.82) is 0 Å². The van der Waals surface area contributed by atoms with Crippen molar-refractivity contribution in [2.24, 2.45) is 11.3 Å². The maximum atomic E-state index is 4.60. The molecule has 0 heterocycles. The van der Waals surface area contributed by atoms with Gasteiger partial charge in [0.25, 0.3) is 0 Å². The molecule has 0 aromatic heterocycles. The Bertz CT molecular complexity index is 812. The molecule has 1 N–H and O–H groups in total. The van der Waals surface area contributed by atoms with E-state index in [0.717, 1.165) is 13.0 Å². The van der Waals surface area contributed by atoms with Gasteiger partial charge in [-0.05, 0) is 97.7 Å². The lowest BCUT2D eigenvalue weighted by molar-refractivity contribution is 0.277. The molecule has 184 valence electrons. The van der Waals surface area contributed by atoms with Crippen LogP contribution in [0, 0.1) is 18.3 Å². The number of rotatable bonds is 15. The average Bonchev–Trinajstić information content (AvgIpc) is 2.81. The smallest absolute Gasteiger partial charge is 0.000217 e. The highest BCUT2D eigenvalue weighted by Gasteiger charge is 2.21. The predicted molar refractivity (Wildman–Crippen MR) is 149 cm³/mol. The summed E-state index contributed by atoms with van der Waals surface area (Å²) in [6.07, 6.45) is 19.3. The Balaban J connectivity index is 2.07. The van der Waals surface area contributed by atoms with Crippen LogP contribution in [0.1, 0.15) is 109 Å². The van der Waals surface area contributed by atoms with Gasteiger partial charge < -0.3 is 5.32 Å². The summed E-state index contributed by atoms with van der Waals surface area (Å²) >= 11 is 0. The van der Waals surface area contributed by atoms with Crippen LogP contribution in [-0.2, 0) is 6.42 Å². The molecule has 0 fully saturated rings. The van der Waals surface area contributed by atoms with Crippen molar-refractivity contribution >= 4 is 5.57 Å². The average molecular weight is 450 g/mol. The quantitative estimate of drug-likeness (QED) is 0.263. The first-order chi connectivity index (χ1) is 15.8. The standard InChI is InChI=1S/C32H51N/c1-8-10-11-12-13-14-15-28-18-16-25(3)30(22-28)27(5)31-23-29(19-17-26(31)4)20-21-32(6,9-2)24-33-7/h16-17,19,22-23,28,33H,5,8-15,18,20-21,24H2,1-4,6-7H3. The first-order valence-electron chi connectivity index (χ1n) is 13.7. The molecular formula is C32H51N. The number of nitrogens with one attached hydrogen (secondary N) is 1. The van der Waals surface area contributed by atoms with Crippen molar-refractivity contribution in [2.75, 3.05) is 13.6 Å². The van der Waals surface area contributed by atoms with Gasteiger partial charge in [-0.15, -0.1) is 0 Å². The summed E-state index contributed by atoms with van der Waals surface area (Å²) in [5.74, 6) is 0.668. The van der Waals surface area contributed by atoms with Crippen molar-refractivity contribution in [3.63, 3.8) is 0 Å². The van der Waals surface area contributed by atoms with E-state index in [-0.39, 0.29) is 0 Å². The van der Waals surface area contributed by atoms with E-state index in [4.69, 9.17) is 0 Å². The second-order valence-electron chi connectivity index (χ2n) is 10.8. The normalized spacial score (nSPS) is 17.9. The van der Waals surface area contributed by atoms with E-state index in [1.807, 2.05) is 0 Å². The monoisotopic (exact) mass is 449 g/mol. The van der Waals surface area contributed by atoms with Gasteiger partial charge >= 0.3 is 0 Å². The van der Waals surface area contributed by atoms with E-state index < -0.39 is 0 Å². The Morgan fingerprint density at radius 2 is 1.82 bits per heavy atom. The Kier molecular flexibility index (Phi) is 11.7. The van der Waals surface area contributed by atoms with Gasteiger partial charge in [-0.3, -0.25) is 0 Å². The molecule has 33 heavy (non-hydrogen) atoms. The summed E-state index contributed by atoms with van der Waals surface area (Å²) in [5, 5.41) is 3.39. The molecule has 0 aliphatic heterocycles. The molecule has 2 rings (SSSR count). The first-order valence-corrected chi connectivity index (χ1v) is 13.7. The van der Waals surface area contributed by atoms with Crippen LogP contribution in [-0.4, -0.2) is 13.6 Å². The number of aryl methyl sites for hydroxylation is 2. The molecule has 1 aliphatic carbocycles. The zero-order chi connectivity index (χ0) is 24.3. The molecule has 1 aromatic rings. The lowest BCUT2D eigenvalue weighted by atomic mass is 9.80. The number of unbranched alkanes of at least 4 members (excludes halogenated alkanes) is 5. The van der Waals surface area contributed by atoms with Gasteiger partial charge in [0.05, 0.1) is 0 Å². The molecule has 0 radical (unpaired) electrons. The van der Waals surface area contributed by atoms with Crippen LogP contribution in [0.4, 0.5) is 0 Å². The van der Waals surface area contributed by atoms with Crippen LogP contribution < -0.4 is 5.32 Å². The number of hydrogen-bond acceptors (Lipinski definition) is 1. The van der Waals surface area contributed by atoms with Crippen molar-refractivity contribution in [3.05, 3.63) is 64.8 Å². The van der Waals surface area contributed by atoms with Gasteiger partial charge in [-0.25, -0.2) is 0 Å². The summed E-state index contributed by atoms with van der Waals surface area (Å²) in [7, 11) is 2.06. The number of allylic oxidation sites excluding steroid dienone is 5. The highest BCUT2D eigenvalue weighted by molar-refractivity contribution is 5.83. The second kappa shape index (κ2) is 14.0. The highest BCUT2D eigenvalue weighted by atomic mass is 14.8. The largest absolute Gasteiger partial charge is 0.319 e. The molecule has 0 saturated carbocycles. The number of benzene rings is 1. The molecule has 0 bridgehead atoms. The number of hydrogen-bond donors (Lipinski definition) is 1. The minimum absolute atomic E-state index is 0.353. The molecule has 2 atom stereocenters. The summed E-state index contributed by atoms with van der Waals surface area (Å²) in [6.45, 7) is 17.2. The molecule has 1 aromatic carbocycles. The summed E-state index contributed by atoms with van der Waals surface area (Å²) in [6, 6.07) is 7.03. The minimum atomic E-state index is 0.353. The van der Waals surface area contributed by atoms with E-state index in [1.54, 1.807) is 0 Å². The Hall–Kier alpha value is -1.60. The van der Waals surface area contributed by atoms with E-state index >= 15 is 0 Å². The maximum absolute atomic E-state index is 4.60. The second-order valence-corrected chi connectivity index (χ2v) is 10.8. The zero-order valence-electron chi connectivity index (χ0n) is 22.7. The molecule has 1 aliphatic rings. The van der Waals surface area contributed by atoms with Crippen LogP contribution in [0.2, 0.25) is 0 Å². The molecule has 1 nitrogen and oxygen atoms in total. The van der Waals surface area contributed by atoms with Crippen molar-refractivity contribution in [2.45, 2.75) is 105 Å². The maximum Gasteiger partial charge on any atom is 0.000217 e. The lowest BCUT2D eigenvalue weighted by Crippen LogP contribution is -2.29. The van der Waals surface area contributed by atoms with Gasteiger partial charge in [0, 0.05) is 6.54 Å². The third kappa shape index (κ3) is 8.60. The van der Waals surface area contributed by atoms with Crippen LogP contribution >= 0.6 is 0 Å². The Morgan fingerprint density at radius 3 is 2.52 bits per heavy atom. The lowest BCUT2D eigenvalue weighted by Gasteiger charge is -2.28. The summed E-state index contributed by atoms with van der Waals surface area (Å²) in [4.78, 5) is 0. The molecule has 0 saturated heterocycles. The van der Waals surface area contributed by atoms with Gasteiger partial charge in [-0.1, -0.05) is 96.2 Å². The van der Waals surface area contributed by atoms with Gasteiger partial charge in [0.15, 0.2) is 0 Å². The predicted octanol–water partition coefficient (Wildman–Crippen LogP) is 9.22. The molecule has 0 spiro atoms. The third-order valence-electron chi connectivity index (χ3n) is 7.91. The Morgan fingerprint density at radius 1 is 1.09 bits per heavy atom. The summed E-state index contributed by atoms with van der Waals surface area (Å²) < 4.78 is 0. The zero-order valence-corrected chi connectivity index (χ0v) is 22.7. The van der Waals surface area contributed by atoms with Crippen molar-refractivity contribution < 1.29 is 0 Å². The molecule has 2 unspecified atom stereocenters. The molecular weight excluding hydrogens is 398 g/mol. The first kappa shape index (κ1) is 27.6. The van der Waals surface area contributed by atoms with Gasteiger partial charge in [0.1, 0.15) is 0 Å². The van der Waals surface area contributed by atoms with E-state index in [1.165, 1.54) is 97.6 Å². The highest BCUT2D eigenvalue weighted by Crippen LogP contribution is 2.36. The van der Waals surface area contributed by atoms with Gasteiger partial charge in [0.2, 0.25) is 0 Å². The van der Waals surface area contributed by atoms with Crippen LogP contribution in [0.15, 0.2) is 48.1 Å².